The SMILES string of the molecule is COc1ccc(C2=C(C(=O)c3cc(NC(C)=O)ccc3O)Sc3ccccc3N2)cc1. The molecule has 0 bridgehead atoms. The number of anilines is 2. The molecule has 3 N–H and O–H groups in total. The van der Waals surface area contributed by atoms with Crippen molar-refractivity contribution in [3.05, 3.63) is 82.8 Å². The first-order valence-electron chi connectivity index (χ1n) is 9.54. The van der Waals surface area contributed by atoms with E-state index >= 15 is 0 Å². The maximum atomic E-state index is 13.6. The van der Waals surface area contributed by atoms with Gasteiger partial charge < -0.3 is 20.5 Å². The fraction of sp³-hybridized carbons (Fsp3) is 0.0833. The van der Waals surface area contributed by atoms with Crippen molar-refractivity contribution in [3.63, 3.8) is 0 Å². The predicted molar refractivity (Wildman–Crippen MR) is 123 cm³/mol. The summed E-state index contributed by atoms with van der Waals surface area (Å²) in [7, 11) is 1.60. The molecule has 0 spiro atoms. The number of fused-ring (bicyclic) bond motifs is 1. The second kappa shape index (κ2) is 8.57. The number of phenols is 1. The van der Waals surface area contributed by atoms with Gasteiger partial charge in [0.25, 0.3) is 0 Å². The van der Waals surface area contributed by atoms with Gasteiger partial charge in [-0.15, -0.1) is 0 Å². The summed E-state index contributed by atoms with van der Waals surface area (Å²) in [5.41, 5.74) is 2.89. The summed E-state index contributed by atoms with van der Waals surface area (Å²) in [4.78, 5) is 26.3. The number of Topliss-reactive ketones (excluding diaryl/α,β-unsaturated/α-hetero) is 1. The van der Waals surface area contributed by atoms with E-state index in [2.05, 4.69) is 10.6 Å². The molecule has 1 aliphatic heterocycles. The van der Waals surface area contributed by atoms with Crippen LogP contribution in [0.4, 0.5) is 11.4 Å². The molecule has 1 heterocycles. The lowest BCUT2D eigenvalue weighted by molar-refractivity contribution is -0.114. The largest absolute Gasteiger partial charge is 0.507 e. The van der Waals surface area contributed by atoms with Crippen LogP contribution in [0, 0.1) is 0 Å². The maximum Gasteiger partial charge on any atom is 0.221 e. The smallest absolute Gasteiger partial charge is 0.221 e. The predicted octanol–water partition coefficient (Wildman–Crippen LogP) is 5.13. The molecule has 1 aliphatic rings. The Morgan fingerprint density at radius 1 is 1.03 bits per heavy atom. The van der Waals surface area contributed by atoms with Crippen LogP contribution < -0.4 is 15.4 Å². The average molecular weight is 433 g/mol. The number of thioether (sulfide) groups is 1. The van der Waals surface area contributed by atoms with Crippen LogP contribution >= 0.6 is 11.8 Å². The van der Waals surface area contributed by atoms with E-state index in [1.54, 1.807) is 13.2 Å². The van der Waals surface area contributed by atoms with Gasteiger partial charge in [0, 0.05) is 17.5 Å². The van der Waals surface area contributed by atoms with E-state index in [0.717, 1.165) is 16.1 Å². The molecule has 0 saturated heterocycles. The molecule has 6 nitrogen and oxygen atoms in total. The molecule has 156 valence electrons. The second-order valence-corrected chi connectivity index (χ2v) is 7.95. The fourth-order valence-corrected chi connectivity index (χ4v) is 4.32. The number of allylic oxidation sites excluding steroid dienone is 1. The molecule has 0 fully saturated rings. The van der Waals surface area contributed by atoms with Crippen LogP contribution in [0.1, 0.15) is 22.8 Å². The number of phenolic OH excluding ortho intramolecular Hbond substituents is 1. The number of nitrogens with one attached hydrogen (secondary N) is 2. The van der Waals surface area contributed by atoms with E-state index in [-0.39, 0.29) is 23.0 Å². The molecule has 31 heavy (non-hydrogen) atoms. The standard InChI is InChI=1S/C24H20N2O4S/c1-14(27)25-16-9-12-20(28)18(13-16)23(29)24-22(15-7-10-17(30-2)11-8-15)26-19-5-3-4-6-21(19)31-24/h3-13,26,28H,1-2H3,(H,25,27). The highest BCUT2D eigenvalue weighted by molar-refractivity contribution is 8.04. The van der Waals surface area contributed by atoms with Crippen LogP contribution in [0.5, 0.6) is 11.5 Å². The number of hydrogen-bond donors (Lipinski definition) is 3. The van der Waals surface area contributed by atoms with Gasteiger partial charge in [-0.1, -0.05) is 23.9 Å². The van der Waals surface area contributed by atoms with E-state index in [0.29, 0.717) is 22.0 Å². The first kappa shape index (κ1) is 20.6. The van der Waals surface area contributed by atoms with Gasteiger partial charge in [-0.3, -0.25) is 9.59 Å². The van der Waals surface area contributed by atoms with Crippen LogP contribution in [-0.4, -0.2) is 23.9 Å². The molecule has 4 rings (SSSR count). The number of benzene rings is 3. The minimum atomic E-state index is -0.345. The lowest BCUT2D eigenvalue weighted by Crippen LogP contribution is -2.14. The molecule has 0 aromatic heterocycles. The molecular formula is C24H20N2O4S. The lowest BCUT2D eigenvalue weighted by Gasteiger charge is -2.24. The van der Waals surface area contributed by atoms with Gasteiger partial charge in [-0.25, -0.2) is 0 Å². The molecular weight excluding hydrogens is 412 g/mol. The molecule has 0 radical (unpaired) electrons. The van der Waals surface area contributed by atoms with Crippen LogP contribution in [0.3, 0.4) is 0 Å². The molecule has 3 aromatic rings. The molecule has 0 aliphatic carbocycles. The Morgan fingerprint density at radius 2 is 1.77 bits per heavy atom. The van der Waals surface area contributed by atoms with Crippen molar-refractivity contribution in [2.45, 2.75) is 11.8 Å². The fourth-order valence-electron chi connectivity index (χ4n) is 3.25. The van der Waals surface area contributed by atoms with E-state index in [1.807, 2.05) is 48.5 Å². The lowest BCUT2D eigenvalue weighted by atomic mass is 10.0. The summed E-state index contributed by atoms with van der Waals surface area (Å²) < 4.78 is 5.24. The van der Waals surface area contributed by atoms with Gasteiger partial charge in [0.15, 0.2) is 0 Å². The Kier molecular flexibility index (Phi) is 5.68. The monoisotopic (exact) mass is 432 g/mol. The minimum absolute atomic E-state index is 0.112. The van der Waals surface area contributed by atoms with Gasteiger partial charge in [-0.05, 0) is 60.2 Å². The number of ketones is 1. The summed E-state index contributed by atoms with van der Waals surface area (Å²) in [6, 6.07) is 19.5. The number of ether oxygens (including phenoxy) is 1. The third-order valence-corrected chi connectivity index (χ3v) is 5.90. The van der Waals surface area contributed by atoms with Crippen molar-refractivity contribution in [1.82, 2.24) is 0 Å². The summed E-state index contributed by atoms with van der Waals surface area (Å²) in [6.07, 6.45) is 0. The van der Waals surface area contributed by atoms with Crippen molar-refractivity contribution >= 4 is 40.5 Å². The highest BCUT2D eigenvalue weighted by Crippen LogP contribution is 2.44. The Balaban J connectivity index is 1.82. The third-order valence-electron chi connectivity index (χ3n) is 4.73. The van der Waals surface area contributed by atoms with E-state index in [4.69, 9.17) is 4.74 Å². The van der Waals surface area contributed by atoms with Crippen LogP contribution in [0.25, 0.3) is 5.70 Å². The summed E-state index contributed by atoms with van der Waals surface area (Å²) in [5, 5.41) is 16.4. The highest BCUT2D eigenvalue weighted by atomic mass is 32.2. The average Bonchev–Trinajstić information content (AvgIpc) is 2.78. The molecule has 0 saturated carbocycles. The molecule has 0 atom stereocenters. The van der Waals surface area contributed by atoms with E-state index < -0.39 is 0 Å². The summed E-state index contributed by atoms with van der Waals surface area (Å²) in [6.45, 7) is 1.39. The number of methoxy groups -OCH3 is 1. The number of aromatic hydroxyl groups is 1. The van der Waals surface area contributed by atoms with E-state index in [9.17, 15) is 14.7 Å². The number of amides is 1. The van der Waals surface area contributed by atoms with Gasteiger partial charge in [0.2, 0.25) is 11.7 Å². The molecule has 0 unspecified atom stereocenters. The Morgan fingerprint density at radius 3 is 2.48 bits per heavy atom. The van der Waals surface area contributed by atoms with Crippen molar-refractivity contribution < 1.29 is 19.4 Å². The van der Waals surface area contributed by atoms with Crippen LogP contribution in [0.2, 0.25) is 0 Å². The number of carbonyl (C=O) groups excluding carboxylic acids is 2. The maximum absolute atomic E-state index is 13.6. The topological polar surface area (TPSA) is 87.7 Å². The Hall–Kier alpha value is -3.71. The number of rotatable bonds is 5. The van der Waals surface area contributed by atoms with Gasteiger partial charge in [0.05, 0.1) is 29.0 Å². The first-order valence-corrected chi connectivity index (χ1v) is 10.4. The third kappa shape index (κ3) is 4.27. The Bertz CT molecular complexity index is 1200. The number of para-hydroxylation sites is 1. The summed E-state index contributed by atoms with van der Waals surface area (Å²) in [5.74, 6) is -0.0470. The quantitative estimate of drug-likeness (QED) is 0.383. The zero-order chi connectivity index (χ0) is 22.0. The van der Waals surface area contributed by atoms with Gasteiger partial charge in [0.1, 0.15) is 11.5 Å². The van der Waals surface area contributed by atoms with Crippen molar-refractivity contribution in [3.8, 4) is 11.5 Å². The van der Waals surface area contributed by atoms with Crippen molar-refractivity contribution in [1.29, 1.82) is 0 Å². The Labute approximate surface area is 183 Å². The highest BCUT2D eigenvalue weighted by Gasteiger charge is 2.27. The minimum Gasteiger partial charge on any atom is -0.507 e. The molecule has 3 aromatic carbocycles. The van der Waals surface area contributed by atoms with Crippen molar-refractivity contribution in [2.24, 2.45) is 0 Å². The normalized spacial score (nSPS) is 12.6. The molecule has 1 amide bonds. The first-order chi connectivity index (χ1) is 15.0. The molecule has 7 heteroatoms. The van der Waals surface area contributed by atoms with E-state index in [1.165, 1.54) is 30.8 Å². The zero-order valence-corrected chi connectivity index (χ0v) is 17.7. The number of hydrogen-bond acceptors (Lipinski definition) is 6. The second-order valence-electron chi connectivity index (χ2n) is 6.90. The van der Waals surface area contributed by atoms with Gasteiger partial charge >= 0.3 is 0 Å². The van der Waals surface area contributed by atoms with Crippen LogP contribution in [-0.2, 0) is 4.79 Å². The number of carbonyl (C=O) groups is 2. The van der Waals surface area contributed by atoms with Gasteiger partial charge in [-0.2, -0.15) is 0 Å². The zero-order valence-electron chi connectivity index (χ0n) is 16.9. The van der Waals surface area contributed by atoms with Crippen LogP contribution in [0.15, 0.2) is 76.5 Å². The summed E-state index contributed by atoms with van der Waals surface area (Å²) >= 11 is 1.34. The van der Waals surface area contributed by atoms with Crippen molar-refractivity contribution in [2.75, 3.05) is 17.7 Å².